The molecule has 1 saturated carbocycles. The lowest BCUT2D eigenvalue weighted by Crippen LogP contribution is -2.46. The molecule has 1 aromatic rings. The van der Waals surface area contributed by atoms with Crippen LogP contribution in [0.2, 0.25) is 0 Å². The lowest BCUT2D eigenvalue weighted by atomic mass is 10.1. The summed E-state index contributed by atoms with van der Waals surface area (Å²) in [4.78, 5) is 14.7. The first-order chi connectivity index (χ1) is 12.1. The van der Waals surface area contributed by atoms with Gasteiger partial charge in [-0.25, -0.2) is 4.79 Å². The normalized spacial score (nSPS) is 15.7. The number of hydrogen-bond donors (Lipinski definition) is 1. The van der Waals surface area contributed by atoms with Gasteiger partial charge >= 0.3 is 6.03 Å². The molecule has 0 aliphatic heterocycles. The number of methoxy groups -OCH3 is 3. The Bertz CT molecular complexity index is 558. The van der Waals surface area contributed by atoms with Crippen molar-refractivity contribution in [3.05, 3.63) is 23.8 Å². The summed E-state index contributed by atoms with van der Waals surface area (Å²) >= 11 is 0. The van der Waals surface area contributed by atoms with Gasteiger partial charge < -0.3 is 24.4 Å². The van der Waals surface area contributed by atoms with Crippen molar-refractivity contribution in [2.24, 2.45) is 0 Å². The molecule has 2 amide bonds. The molecule has 0 spiro atoms. The first kappa shape index (κ1) is 19.4. The van der Waals surface area contributed by atoms with E-state index in [4.69, 9.17) is 14.2 Å². The van der Waals surface area contributed by atoms with Gasteiger partial charge in [-0.2, -0.15) is 0 Å². The molecule has 0 heterocycles. The number of ether oxygens (including phenoxy) is 3. The predicted molar refractivity (Wildman–Crippen MR) is 97.2 cm³/mol. The van der Waals surface area contributed by atoms with Gasteiger partial charge in [-0.3, -0.25) is 0 Å². The standard InChI is InChI=1S/C19H30N2O4/c1-14(23-2)12-20-19(22)21(16-9-5-6-10-16)13-15-8-7-11-17(24-3)18(15)25-4/h7-8,11,14,16H,5-6,9-10,12-13H2,1-4H3,(H,20,22)/t14-/m0/s1. The second kappa shape index (κ2) is 9.51. The van der Waals surface area contributed by atoms with Crippen LogP contribution in [0.5, 0.6) is 11.5 Å². The number of nitrogens with zero attached hydrogens (tertiary/aromatic N) is 1. The maximum atomic E-state index is 12.8. The summed E-state index contributed by atoms with van der Waals surface area (Å²) in [5.41, 5.74) is 0.948. The third-order valence-corrected chi connectivity index (χ3v) is 4.79. The fourth-order valence-electron chi connectivity index (χ4n) is 3.26. The highest BCUT2D eigenvalue weighted by atomic mass is 16.5. The summed E-state index contributed by atoms with van der Waals surface area (Å²) < 4.78 is 16.1. The zero-order valence-corrected chi connectivity index (χ0v) is 15.7. The zero-order chi connectivity index (χ0) is 18.2. The van der Waals surface area contributed by atoms with Crippen molar-refractivity contribution in [3.8, 4) is 11.5 Å². The maximum absolute atomic E-state index is 12.8. The van der Waals surface area contributed by atoms with E-state index in [0.29, 0.717) is 24.6 Å². The molecule has 1 N–H and O–H groups in total. The van der Waals surface area contributed by atoms with Crippen LogP contribution in [-0.4, -0.2) is 51.0 Å². The third kappa shape index (κ3) is 5.01. The highest BCUT2D eigenvalue weighted by molar-refractivity contribution is 5.74. The summed E-state index contributed by atoms with van der Waals surface area (Å²) in [6.45, 7) is 2.93. The Labute approximate surface area is 150 Å². The molecule has 1 aliphatic carbocycles. The minimum atomic E-state index is -0.0549. The van der Waals surface area contributed by atoms with E-state index in [-0.39, 0.29) is 18.2 Å². The van der Waals surface area contributed by atoms with Gasteiger partial charge in [-0.05, 0) is 25.8 Å². The molecule has 0 unspecified atom stereocenters. The van der Waals surface area contributed by atoms with Crippen LogP contribution in [0.25, 0.3) is 0 Å². The van der Waals surface area contributed by atoms with Crippen LogP contribution in [0.1, 0.15) is 38.2 Å². The van der Waals surface area contributed by atoms with E-state index in [0.717, 1.165) is 31.2 Å². The molecular formula is C19H30N2O4. The number of rotatable bonds is 8. The van der Waals surface area contributed by atoms with Crippen molar-refractivity contribution < 1.29 is 19.0 Å². The van der Waals surface area contributed by atoms with Gasteiger partial charge in [0, 0.05) is 25.3 Å². The fourth-order valence-corrected chi connectivity index (χ4v) is 3.26. The molecule has 1 atom stereocenters. The van der Waals surface area contributed by atoms with Gasteiger partial charge in [-0.15, -0.1) is 0 Å². The second-order valence-corrected chi connectivity index (χ2v) is 6.45. The van der Waals surface area contributed by atoms with Crippen molar-refractivity contribution in [2.75, 3.05) is 27.9 Å². The van der Waals surface area contributed by atoms with E-state index in [1.807, 2.05) is 30.0 Å². The molecule has 0 saturated heterocycles. The SMILES string of the molecule is COc1cccc(CN(C(=O)NC[C@H](C)OC)C2CCCC2)c1OC. The van der Waals surface area contributed by atoms with Crippen LogP contribution >= 0.6 is 0 Å². The lowest BCUT2D eigenvalue weighted by Gasteiger charge is -2.30. The monoisotopic (exact) mass is 350 g/mol. The lowest BCUT2D eigenvalue weighted by molar-refractivity contribution is 0.112. The summed E-state index contributed by atoms with van der Waals surface area (Å²) in [6, 6.07) is 5.97. The smallest absolute Gasteiger partial charge is 0.318 e. The van der Waals surface area contributed by atoms with Crippen molar-refractivity contribution in [1.29, 1.82) is 0 Å². The Kier molecular flexibility index (Phi) is 7.37. The number of hydrogen-bond acceptors (Lipinski definition) is 4. The number of amides is 2. The molecule has 6 heteroatoms. The molecule has 2 rings (SSSR count). The minimum absolute atomic E-state index is 0.0132. The van der Waals surface area contributed by atoms with Crippen molar-refractivity contribution in [2.45, 2.75) is 51.3 Å². The van der Waals surface area contributed by atoms with Crippen LogP contribution in [0.15, 0.2) is 18.2 Å². The Hall–Kier alpha value is -1.95. The summed E-state index contributed by atoms with van der Waals surface area (Å²) in [5.74, 6) is 1.37. The van der Waals surface area contributed by atoms with Gasteiger partial charge in [0.15, 0.2) is 11.5 Å². The van der Waals surface area contributed by atoms with E-state index in [1.165, 1.54) is 0 Å². The maximum Gasteiger partial charge on any atom is 0.318 e. The number of para-hydroxylation sites is 1. The Morgan fingerprint density at radius 3 is 2.56 bits per heavy atom. The van der Waals surface area contributed by atoms with Crippen LogP contribution in [0, 0.1) is 0 Å². The molecule has 6 nitrogen and oxygen atoms in total. The number of urea groups is 1. The van der Waals surface area contributed by atoms with E-state index in [9.17, 15) is 4.79 Å². The van der Waals surface area contributed by atoms with Crippen LogP contribution in [0.3, 0.4) is 0 Å². The largest absolute Gasteiger partial charge is 0.493 e. The van der Waals surface area contributed by atoms with E-state index < -0.39 is 0 Å². The average molecular weight is 350 g/mol. The quantitative estimate of drug-likeness (QED) is 0.782. The van der Waals surface area contributed by atoms with Gasteiger partial charge in [0.25, 0.3) is 0 Å². The molecule has 1 aromatic carbocycles. The fraction of sp³-hybridized carbons (Fsp3) is 0.632. The topological polar surface area (TPSA) is 60.0 Å². The van der Waals surface area contributed by atoms with E-state index in [2.05, 4.69) is 5.32 Å². The van der Waals surface area contributed by atoms with Gasteiger partial charge in [-0.1, -0.05) is 25.0 Å². The minimum Gasteiger partial charge on any atom is -0.493 e. The number of nitrogens with one attached hydrogen (secondary N) is 1. The highest BCUT2D eigenvalue weighted by Crippen LogP contribution is 2.33. The summed E-state index contributed by atoms with van der Waals surface area (Å²) in [6.07, 6.45) is 4.40. The third-order valence-electron chi connectivity index (χ3n) is 4.79. The van der Waals surface area contributed by atoms with E-state index in [1.54, 1.807) is 21.3 Å². The second-order valence-electron chi connectivity index (χ2n) is 6.45. The van der Waals surface area contributed by atoms with Gasteiger partial charge in [0.1, 0.15) is 0 Å². The number of carbonyl (C=O) groups excluding carboxylic acids is 1. The Morgan fingerprint density at radius 2 is 1.96 bits per heavy atom. The highest BCUT2D eigenvalue weighted by Gasteiger charge is 2.28. The van der Waals surface area contributed by atoms with Crippen molar-refractivity contribution >= 4 is 6.03 Å². The molecule has 0 bridgehead atoms. The van der Waals surface area contributed by atoms with Crippen LogP contribution < -0.4 is 14.8 Å². The number of benzene rings is 1. The van der Waals surface area contributed by atoms with Crippen LogP contribution in [-0.2, 0) is 11.3 Å². The summed E-state index contributed by atoms with van der Waals surface area (Å²) in [5, 5.41) is 2.99. The molecule has 140 valence electrons. The first-order valence-corrected chi connectivity index (χ1v) is 8.87. The van der Waals surface area contributed by atoms with Gasteiger partial charge in [0.05, 0.1) is 26.9 Å². The Morgan fingerprint density at radius 1 is 1.24 bits per heavy atom. The predicted octanol–water partition coefficient (Wildman–Crippen LogP) is 3.19. The van der Waals surface area contributed by atoms with Gasteiger partial charge in [0.2, 0.25) is 0 Å². The number of carbonyl (C=O) groups is 1. The average Bonchev–Trinajstić information content (AvgIpc) is 3.17. The molecule has 25 heavy (non-hydrogen) atoms. The van der Waals surface area contributed by atoms with Crippen molar-refractivity contribution in [1.82, 2.24) is 10.2 Å². The molecule has 0 radical (unpaired) electrons. The Balaban J connectivity index is 2.17. The first-order valence-electron chi connectivity index (χ1n) is 8.87. The van der Waals surface area contributed by atoms with E-state index >= 15 is 0 Å². The van der Waals surface area contributed by atoms with Crippen LogP contribution in [0.4, 0.5) is 4.79 Å². The van der Waals surface area contributed by atoms with Crippen molar-refractivity contribution in [3.63, 3.8) is 0 Å². The molecular weight excluding hydrogens is 320 g/mol. The molecule has 1 fully saturated rings. The molecule has 1 aliphatic rings. The summed E-state index contributed by atoms with van der Waals surface area (Å²) in [7, 11) is 4.89. The molecule has 0 aromatic heterocycles. The zero-order valence-electron chi connectivity index (χ0n) is 15.7.